The van der Waals surface area contributed by atoms with Crippen molar-refractivity contribution in [2.75, 3.05) is 11.9 Å². The van der Waals surface area contributed by atoms with Crippen LogP contribution < -0.4 is 10.1 Å². The van der Waals surface area contributed by atoms with Crippen LogP contribution in [0.5, 0.6) is 5.75 Å². The van der Waals surface area contributed by atoms with Crippen LogP contribution in [0.15, 0.2) is 48.5 Å². The molecule has 0 radical (unpaired) electrons. The van der Waals surface area contributed by atoms with Crippen LogP contribution in [0.25, 0.3) is 11.4 Å². The van der Waals surface area contributed by atoms with Gasteiger partial charge >= 0.3 is 0 Å². The van der Waals surface area contributed by atoms with Crippen LogP contribution in [-0.4, -0.2) is 32.7 Å². The van der Waals surface area contributed by atoms with E-state index in [0.29, 0.717) is 12.6 Å². The van der Waals surface area contributed by atoms with Crippen LogP contribution in [0.1, 0.15) is 30.9 Å². The zero-order chi connectivity index (χ0) is 18.6. The van der Waals surface area contributed by atoms with E-state index in [2.05, 4.69) is 20.8 Å². The Morgan fingerprint density at radius 3 is 2.89 bits per heavy atom. The van der Waals surface area contributed by atoms with Crippen molar-refractivity contribution < 1.29 is 9.53 Å². The van der Waals surface area contributed by atoms with Gasteiger partial charge in [-0.3, -0.25) is 4.79 Å². The Labute approximate surface area is 157 Å². The topological polar surface area (TPSA) is 81.9 Å². The summed E-state index contributed by atoms with van der Waals surface area (Å²) in [4.78, 5) is 12.2. The maximum Gasteiger partial charge on any atom is 0.227 e. The molecule has 1 amide bonds. The normalized spacial score (nSPS) is 13.4. The zero-order valence-corrected chi connectivity index (χ0v) is 15.1. The first-order chi connectivity index (χ1) is 13.2. The summed E-state index contributed by atoms with van der Waals surface area (Å²) in [5.41, 5.74) is 2.74. The number of rotatable bonds is 7. The van der Waals surface area contributed by atoms with Crippen molar-refractivity contribution >= 4 is 11.6 Å². The van der Waals surface area contributed by atoms with Crippen molar-refractivity contribution in [1.82, 2.24) is 20.2 Å². The number of aromatic nitrogens is 4. The fourth-order valence-corrected chi connectivity index (χ4v) is 2.87. The maximum atomic E-state index is 12.2. The molecule has 0 atom stereocenters. The van der Waals surface area contributed by atoms with Gasteiger partial charge in [-0.25, -0.2) is 4.68 Å². The lowest BCUT2D eigenvalue weighted by molar-refractivity contribution is -0.116. The molecular weight excluding hydrogens is 342 g/mol. The highest BCUT2D eigenvalue weighted by atomic mass is 16.5. The summed E-state index contributed by atoms with van der Waals surface area (Å²) in [6, 6.07) is 15.8. The van der Waals surface area contributed by atoms with Crippen molar-refractivity contribution in [1.29, 1.82) is 0 Å². The second kappa shape index (κ2) is 7.57. The highest BCUT2D eigenvalue weighted by Crippen LogP contribution is 2.36. The Hall–Kier alpha value is -3.22. The number of carbonyl (C=O) groups is 1. The summed E-state index contributed by atoms with van der Waals surface area (Å²) in [6.45, 7) is 2.33. The number of nitrogens with zero attached hydrogens (tertiary/aromatic N) is 4. The summed E-state index contributed by atoms with van der Waals surface area (Å²) < 4.78 is 7.49. The van der Waals surface area contributed by atoms with E-state index in [0.717, 1.165) is 41.2 Å². The second-order valence-corrected chi connectivity index (χ2v) is 6.72. The predicted octanol–water partition coefficient (Wildman–Crippen LogP) is 3.39. The molecule has 0 unspecified atom stereocenters. The molecule has 27 heavy (non-hydrogen) atoms. The fraction of sp³-hybridized carbons (Fsp3) is 0.300. The van der Waals surface area contributed by atoms with Gasteiger partial charge in [0.2, 0.25) is 5.91 Å². The largest absolute Gasteiger partial charge is 0.493 e. The van der Waals surface area contributed by atoms with Crippen LogP contribution in [0.4, 0.5) is 5.69 Å². The number of tetrazole rings is 1. The first-order valence-electron chi connectivity index (χ1n) is 9.07. The van der Waals surface area contributed by atoms with Gasteiger partial charge < -0.3 is 10.1 Å². The molecule has 1 aliphatic rings. The lowest BCUT2D eigenvalue weighted by Crippen LogP contribution is -2.15. The molecule has 7 heteroatoms. The third-order valence-electron chi connectivity index (χ3n) is 4.38. The molecule has 1 aliphatic carbocycles. The van der Waals surface area contributed by atoms with Gasteiger partial charge in [-0.05, 0) is 60.0 Å². The molecule has 1 saturated carbocycles. The highest BCUT2D eigenvalue weighted by Gasteiger charge is 2.28. The van der Waals surface area contributed by atoms with E-state index in [1.165, 1.54) is 0 Å². The van der Waals surface area contributed by atoms with Gasteiger partial charge in [-0.1, -0.05) is 24.3 Å². The fourth-order valence-electron chi connectivity index (χ4n) is 2.87. The van der Waals surface area contributed by atoms with Gasteiger partial charge in [-0.15, -0.1) is 5.10 Å². The van der Waals surface area contributed by atoms with Crippen LogP contribution in [0.2, 0.25) is 0 Å². The minimum atomic E-state index is -0.0958. The minimum Gasteiger partial charge on any atom is -0.493 e. The zero-order valence-electron chi connectivity index (χ0n) is 15.1. The van der Waals surface area contributed by atoms with E-state index >= 15 is 0 Å². The Morgan fingerprint density at radius 2 is 2.07 bits per heavy atom. The molecule has 0 spiro atoms. The van der Waals surface area contributed by atoms with Gasteiger partial charge in [0.15, 0.2) is 5.82 Å². The quantitative estimate of drug-likeness (QED) is 0.696. The first-order valence-corrected chi connectivity index (χ1v) is 9.07. The van der Waals surface area contributed by atoms with E-state index in [1.54, 1.807) is 0 Å². The smallest absolute Gasteiger partial charge is 0.227 e. The first kappa shape index (κ1) is 17.2. The molecule has 1 heterocycles. The average molecular weight is 363 g/mol. The van der Waals surface area contributed by atoms with Gasteiger partial charge in [0, 0.05) is 11.3 Å². The van der Waals surface area contributed by atoms with Gasteiger partial charge in [-0.2, -0.15) is 0 Å². The second-order valence-electron chi connectivity index (χ2n) is 6.72. The summed E-state index contributed by atoms with van der Waals surface area (Å²) >= 11 is 0. The van der Waals surface area contributed by atoms with Gasteiger partial charge in [0.05, 0.1) is 19.1 Å². The molecule has 1 fully saturated rings. The summed E-state index contributed by atoms with van der Waals surface area (Å²) in [6.07, 6.45) is 2.49. The van der Waals surface area contributed by atoms with Crippen LogP contribution in [-0.2, 0) is 4.79 Å². The summed E-state index contributed by atoms with van der Waals surface area (Å²) in [7, 11) is 0. The molecule has 0 aliphatic heterocycles. The standard InChI is InChI=1S/C20H21N5O2/c1-14-4-2-7-18(12-14)27-11-10-19(26)21-16-6-3-5-15(13-16)20-22-23-24-25(20)17-8-9-17/h2-7,12-13,17H,8-11H2,1H3,(H,21,26). The van der Waals surface area contributed by atoms with Crippen LogP contribution >= 0.6 is 0 Å². The van der Waals surface area contributed by atoms with Crippen LogP contribution in [0, 0.1) is 6.92 Å². The highest BCUT2D eigenvalue weighted by molar-refractivity contribution is 5.91. The van der Waals surface area contributed by atoms with Crippen molar-refractivity contribution in [3.63, 3.8) is 0 Å². The molecule has 0 bridgehead atoms. The Kier molecular flexibility index (Phi) is 4.82. The van der Waals surface area contributed by atoms with Crippen LogP contribution in [0.3, 0.4) is 0 Å². The SMILES string of the molecule is Cc1cccc(OCCC(=O)Nc2cccc(-c3nnnn3C3CC3)c2)c1. The monoisotopic (exact) mass is 363 g/mol. The van der Waals surface area contributed by atoms with Crippen molar-refractivity contribution in [2.24, 2.45) is 0 Å². The molecular formula is C20H21N5O2. The number of nitrogens with one attached hydrogen (secondary N) is 1. The minimum absolute atomic E-state index is 0.0958. The van der Waals surface area contributed by atoms with E-state index in [1.807, 2.05) is 60.1 Å². The van der Waals surface area contributed by atoms with Crippen molar-refractivity contribution in [3.8, 4) is 17.1 Å². The predicted molar refractivity (Wildman–Crippen MR) is 101 cm³/mol. The number of ether oxygens (including phenoxy) is 1. The number of benzene rings is 2. The number of anilines is 1. The summed E-state index contributed by atoms with van der Waals surface area (Å²) in [5, 5.41) is 14.9. The number of amides is 1. The van der Waals surface area contributed by atoms with E-state index < -0.39 is 0 Å². The molecule has 1 aromatic heterocycles. The Bertz CT molecular complexity index is 949. The molecule has 7 nitrogen and oxygen atoms in total. The number of aryl methyl sites for hydroxylation is 1. The molecule has 138 valence electrons. The molecule has 4 rings (SSSR count). The van der Waals surface area contributed by atoms with Crippen molar-refractivity contribution in [3.05, 3.63) is 54.1 Å². The molecule has 2 aromatic carbocycles. The Balaban J connectivity index is 1.35. The average Bonchev–Trinajstić information content (AvgIpc) is 3.38. The number of hydrogen-bond donors (Lipinski definition) is 1. The molecule has 3 aromatic rings. The molecule has 1 N–H and O–H groups in total. The van der Waals surface area contributed by atoms with Gasteiger partial charge in [0.25, 0.3) is 0 Å². The van der Waals surface area contributed by atoms with E-state index in [4.69, 9.17) is 4.74 Å². The van der Waals surface area contributed by atoms with Crippen molar-refractivity contribution in [2.45, 2.75) is 32.2 Å². The Morgan fingerprint density at radius 1 is 1.22 bits per heavy atom. The summed E-state index contributed by atoms with van der Waals surface area (Å²) in [5.74, 6) is 1.41. The lowest BCUT2D eigenvalue weighted by atomic mass is 10.2. The van der Waals surface area contributed by atoms with E-state index in [-0.39, 0.29) is 12.3 Å². The number of carbonyl (C=O) groups excluding carboxylic acids is 1. The van der Waals surface area contributed by atoms with E-state index in [9.17, 15) is 4.79 Å². The third kappa shape index (κ3) is 4.31. The maximum absolute atomic E-state index is 12.2. The molecule has 0 saturated heterocycles. The van der Waals surface area contributed by atoms with Gasteiger partial charge in [0.1, 0.15) is 5.75 Å². The third-order valence-corrected chi connectivity index (χ3v) is 4.38. The lowest BCUT2D eigenvalue weighted by Gasteiger charge is -2.09. The number of hydrogen-bond acceptors (Lipinski definition) is 5.